The lowest BCUT2D eigenvalue weighted by Crippen LogP contribution is -2.25. The Morgan fingerprint density at radius 1 is 1.20 bits per heavy atom. The molecule has 0 unspecified atom stereocenters. The average Bonchev–Trinajstić information content (AvgIpc) is 3.39. The van der Waals surface area contributed by atoms with Crippen molar-refractivity contribution in [3.8, 4) is 23.1 Å². The smallest absolute Gasteiger partial charge is 0.346 e. The van der Waals surface area contributed by atoms with Crippen LogP contribution in [0.4, 0.5) is 0 Å². The molecular weight excluding hydrogens is 637 g/mol. The van der Waals surface area contributed by atoms with E-state index in [4.69, 9.17) is 46.8 Å². The van der Waals surface area contributed by atoms with Gasteiger partial charge in [-0.2, -0.15) is 9.78 Å². The molecule has 12 heteroatoms. The minimum Gasteiger partial charge on any atom is -0.490 e. The van der Waals surface area contributed by atoms with Crippen LogP contribution in [0.5, 0.6) is 11.5 Å². The summed E-state index contributed by atoms with van der Waals surface area (Å²) in [5, 5.41) is 6.31. The number of furan rings is 1. The van der Waals surface area contributed by atoms with Crippen LogP contribution in [0.25, 0.3) is 33.5 Å². The molecular formula is C29H22BrCl2N3O6. The minimum absolute atomic E-state index is 0.145. The third-order valence-electron chi connectivity index (χ3n) is 6.05. The third-order valence-corrected chi connectivity index (χ3v) is 7.73. The van der Waals surface area contributed by atoms with Gasteiger partial charge in [0.05, 0.1) is 30.8 Å². The number of fused-ring (bicyclic) bond motifs is 2. The van der Waals surface area contributed by atoms with Crippen molar-refractivity contribution in [2.24, 2.45) is 5.10 Å². The van der Waals surface area contributed by atoms with Gasteiger partial charge in [-0.25, -0.2) is 9.78 Å². The van der Waals surface area contributed by atoms with Gasteiger partial charge in [-0.05, 0) is 72.2 Å². The zero-order valence-electron chi connectivity index (χ0n) is 22.0. The van der Waals surface area contributed by atoms with Crippen LogP contribution in [0.2, 0.25) is 10.0 Å². The van der Waals surface area contributed by atoms with Gasteiger partial charge in [0.1, 0.15) is 10.6 Å². The summed E-state index contributed by atoms with van der Waals surface area (Å²) in [5.41, 5.74) is 1.13. The van der Waals surface area contributed by atoms with Gasteiger partial charge in [0.25, 0.3) is 5.56 Å². The maximum absolute atomic E-state index is 13.6. The van der Waals surface area contributed by atoms with Gasteiger partial charge < -0.3 is 18.6 Å². The van der Waals surface area contributed by atoms with Gasteiger partial charge in [-0.1, -0.05) is 35.3 Å². The zero-order chi connectivity index (χ0) is 29.3. The van der Waals surface area contributed by atoms with E-state index in [2.05, 4.69) is 21.0 Å². The topological polar surface area (TPSA) is 105 Å². The molecule has 0 radical (unpaired) electrons. The number of hydrogen-bond acceptors (Lipinski definition) is 8. The molecule has 0 aliphatic carbocycles. The van der Waals surface area contributed by atoms with Gasteiger partial charge in [0.15, 0.2) is 23.4 Å². The van der Waals surface area contributed by atoms with E-state index in [1.807, 2.05) is 0 Å². The fraction of sp³-hybridized carbons (Fsp3) is 0.172. The molecule has 5 aromatic rings. The molecule has 0 saturated heterocycles. The number of rotatable bonds is 8. The highest BCUT2D eigenvalue weighted by Crippen LogP contribution is 2.43. The summed E-state index contributed by atoms with van der Waals surface area (Å²) in [4.78, 5) is 30.3. The first-order valence-electron chi connectivity index (χ1n) is 12.4. The van der Waals surface area contributed by atoms with Gasteiger partial charge in [0.2, 0.25) is 5.82 Å². The van der Waals surface area contributed by atoms with Crippen molar-refractivity contribution in [1.29, 1.82) is 0 Å². The standard InChI is InChI=1S/C29H22BrCl2N3O6/c1-4-39-22-13-17(24(30)25(32)26(22)40-15(2)29(37)38-3)14-33-35-27(34-20-8-6-5-7-19(20)28(35)36)23-12-16-11-18(31)9-10-21(16)41-23/h5-15H,4H2,1-3H3/t15-/m0/s1. The number of hydrogen-bond donors (Lipinski definition) is 0. The molecule has 0 N–H and O–H groups in total. The van der Waals surface area contributed by atoms with Gasteiger partial charge in [-0.3, -0.25) is 4.79 Å². The molecule has 210 valence electrons. The molecule has 0 aliphatic heterocycles. The summed E-state index contributed by atoms with van der Waals surface area (Å²) in [6.45, 7) is 3.63. The molecule has 2 aromatic heterocycles. The number of carbonyl (C=O) groups excluding carboxylic acids is 1. The molecule has 0 fully saturated rings. The van der Waals surface area contributed by atoms with Gasteiger partial charge >= 0.3 is 5.97 Å². The highest BCUT2D eigenvalue weighted by molar-refractivity contribution is 9.10. The maximum atomic E-state index is 13.6. The maximum Gasteiger partial charge on any atom is 0.346 e. The van der Waals surface area contributed by atoms with Crippen molar-refractivity contribution < 1.29 is 23.4 Å². The molecule has 9 nitrogen and oxygen atoms in total. The number of ether oxygens (including phenoxy) is 3. The quantitative estimate of drug-likeness (QED) is 0.129. The summed E-state index contributed by atoms with van der Waals surface area (Å²) >= 11 is 16.3. The molecule has 5 rings (SSSR count). The molecule has 0 aliphatic rings. The predicted molar refractivity (Wildman–Crippen MR) is 162 cm³/mol. The van der Waals surface area contributed by atoms with Crippen molar-refractivity contribution in [3.05, 3.63) is 85.0 Å². The van der Waals surface area contributed by atoms with Crippen LogP contribution in [0.3, 0.4) is 0 Å². The van der Waals surface area contributed by atoms with Crippen molar-refractivity contribution in [2.45, 2.75) is 20.0 Å². The number of esters is 1. The van der Waals surface area contributed by atoms with Crippen LogP contribution in [0, 0.1) is 0 Å². The Balaban J connectivity index is 1.65. The van der Waals surface area contributed by atoms with E-state index in [1.54, 1.807) is 61.5 Å². The lowest BCUT2D eigenvalue weighted by Gasteiger charge is -2.18. The number of methoxy groups -OCH3 is 1. The Hall–Kier alpha value is -3.86. The first-order valence-corrected chi connectivity index (χ1v) is 13.9. The summed E-state index contributed by atoms with van der Waals surface area (Å²) in [5.74, 6) is 0.373. The molecule has 0 spiro atoms. The SMILES string of the molecule is CCOc1cc(C=Nn2c(-c3cc4cc(Cl)ccc4o3)nc3ccccc3c2=O)c(Br)c(Cl)c1O[C@@H](C)C(=O)OC. The van der Waals surface area contributed by atoms with Crippen LogP contribution < -0.4 is 15.0 Å². The molecule has 0 bridgehead atoms. The number of carbonyl (C=O) groups is 1. The Morgan fingerprint density at radius 3 is 2.73 bits per heavy atom. The second kappa shape index (κ2) is 11.9. The van der Waals surface area contributed by atoms with E-state index in [0.29, 0.717) is 43.9 Å². The van der Waals surface area contributed by atoms with Crippen LogP contribution >= 0.6 is 39.1 Å². The zero-order valence-corrected chi connectivity index (χ0v) is 25.1. The Bertz CT molecular complexity index is 1880. The highest BCUT2D eigenvalue weighted by Gasteiger charge is 2.23. The van der Waals surface area contributed by atoms with Crippen LogP contribution in [-0.4, -0.2) is 41.7 Å². The number of nitrogens with zero attached hydrogens (tertiary/aromatic N) is 3. The van der Waals surface area contributed by atoms with Crippen LogP contribution in [0.1, 0.15) is 19.4 Å². The number of halogens is 3. The summed E-state index contributed by atoms with van der Waals surface area (Å²) in [6, 6.07) is 15.6. The first-order chi connectivity index (χ1) is 19.7. The molecule has 2 heterocycles. The van der Waals surface area contributed by atoms with Crippen molar-refractivity contribution in [3.63, 3.8) is 0 Å². The monoisotopic (exact) mass is 657 g/mol. The van der Waals surface area contributed by atoms with Crippen LogP contribution in [0.15, 0.2) is 73.4 Å². The van der Waals surface area contributed by atoms with E-state index in [9.17, 15) is 9.59 Å². The first kappa shape index (κ1) is 28.7. The molecule has 41 heavy (non-hydrogen) atoms. The highest BCUT2D eigenvalue weighted by atomic mass is 79.9. The van der Waals surface area contributed by atoms with E-state index in [-0.39, 0.29) is 22.3 Å². The summed E-state index contributed by atoms with van der Waals surface area (Å²) in [6.07, 6.45) is 0.499. The van der Waals surface area contributed by atoms with Crippen molar-refractivity contribution in [1.82, 2.24) is 9.66 Å². The lowest BCUT2D eigenvalue weighted by atomic mass is 10.2. The van der Waals surface area contributed by atoms with E-state index < -0.39 is 17.6 Å². The fourth-order valence-electron chi connectivity index (χ4n) is 4.10. The van der Waals surface area contributed by atoms with Crippen molar-refractivity contribution >= 4 is 73.2 Å². The summed E-state index contributed by atoms with van der Waals surface area (Å²) < 4.78 is 23.8. The molecule has 1 atom stereocenters. The van der Waals surface area contributed by atoms with Gasteiger partial charge in [0, 0.05) is 20.4 Å². The Morgan fingerprint density at radius 2 is 1.98 bits per heavy atom. The number of para-hydroxylation sites is 1. The largest absolute Gasteiger partial charge is 0.490 e. The Labute approximate surface area is 252 Å². The second-order valence-corrected chi connectivity index (χ2v) is 10.4. The molecule has 0 amide bonds. The summed E-state index contributed by atoms with van der Waals surface area (Å²) in [7, 11) is 1.26. The van der Waals surface area contributed by atoms with Crippen molar-refractivity contribution in [2.75, 3.05) is 13.7 Å². The van der Waals surface area contributed by atoms with Crippen LogP contribution in [-0.2, 0) is 9.53 Å². The van der Waals surface area contributed by atoms with E-state index in [0.717, 1.165) is 10.1 Å². The van der Waals surface area contributed by atoms with E-state index in [1.165, 1.54) is 20.2 Å². The Kier molecular flexibility index (Phi) is 8.35. The van der Waals surface area contributed by atoms with Gasteiger partial charge in [-0.15, -0.1) is 0 Å². The lowest BCUT2D eigenvalue weighted by molar-refractivity contribution is -0.147. The molecule has 0 saturated carbocycles. The van der Waals surface area contributed by atoms with E-state index >= 15 is 0 Å². The number of benzene rings is 3. The predicted octanol–water partition coefficient (Wildman–Crippen LogP) is 7.10. The average molecular weight is 659 g/mol. The third kappa shape index (κ3) is 5.68. The second-order valence-electron chi connectivity index (χ2n) is 8.74. The fourth-order valence-corrected chi connectivity index (χ4v) is 4.92. The molecule has 3 aromatic carbocycles. The number of aromatic nitrogens is 2. The minimum atomic E-state index is -0.938. The normalized spacial score (nSPS) is 12.2.